The number of nitrogen functional groups attached to an aromatic ring is 1. The summed E-state index contributed by atoms with van der Waals surface area (Å²) in [6, 6.07) is 9.12. The summed E-state index contributed by atoms with van der Waals surface area (Å²) in [7, 11) is 0. The molecule has 0 amide bonds. The lowest BCUT2D eigenvalue weighted by Gasteiger charge is -2.09. The smallest absolute Gasteiger partial charge is 0.253 e. The van der Waals surface area contributed by atoms with Crippen LogP contribution in [0.5, 0.6) is 5.75 Å². The molecule has 0 spiro atoms. The highest BCUT2D eigenvalue weighted by molar-refractivity contribution is 7.99. The topological polar surface area (TPSA) is 81.0 Å². The fraction of sp³-hybridized carbons (Fsp3) is 0.200. The first-order chi connectivity index (χ1) is 10.2. The summed E-state index contributed by atoms with van der Waals surface area (Å²) in [5.41, 5.74) is 6.38. The van der Waals surface area contributed by atoms with E-state index in [-0.39, 0.29) is 11.4 Å². The molecule has 3 N–H and O–H groups in total. The second kappa shape index (κ2) is 7.54. The fourth-order valence-corrected chi connectivity index (χ4v) is 2.48. The number of rotatable bonds is 7. The second-order valence-corrected chi connectivity index (χ2v) is 5.36. The van der Waals surface area contributed by atoms with Gasteiger partial charge in [0.1, 0.15) is 11.6 Å². The number of benzene rings is 1. The van der Waals surface area contributed by atoms with Gasteiger partial charge < -0.3 is 15.5 Å². The van der Waals surface area contributed by atoms with E-state index in [1.54, 1.807) is 0 Å². The molecule has 0 radical (unpaired) electrons. The molecule has 0 aliphatic carbocycles. The molecule has 21 heavy (non-hydrogen) atoms. The van der Waals surface area contributed by atoms with Gasteiger partial charge in [-0.05, 0) is 18.1 Å². The zero-order chi connectivity index (χ0) is 15.1. The van der Waals surface area contributed by atoms with Gasteiger partial charge in [0.2, 0.25) is 0 Å². The molecule has 0 bridgehead atoms. The minimum atomic E-state index is -0.248. The SMILES string of the molecule is C=CCc1ccccc1OCCSc1nc(N)cc(=O)[nH]1. The van der Waals surface area contributed by atoms with Crippen LogP contribution in [0.2, 0.25) is 0 Å². The van der Waals surface area contributed by atoms with Crippen molar-refractivity contribution in [1.29, 1.82) is 0 Å². The molecule has 2 rings (SSSR count). The number of aromatic nitrogens is 2. The van der Waals surface area contributed by atoms with Crippen molar-refractivity contribution in [1.82, 2.24) is 9.97 Å². The number of nitrogens with two attached hydrogens (primary N) is 1. The summed E-state index contributed by atoms with van der Waals surface area (Å²) in [6.07, 6.45) is 2.62. The van der Waals surface area contributed by atoms with E-state index in [1.807, 2.05) is 30.3 Å². The summed E-state index contributed by atoms with van der Waals surface area (Å²) in [5.74, 6) is 1.74. The van der Waals surface area contributed by atoms with Gasteiger partial charge in [-0.1, -0.05) is 36.0 Å². The van der Waals surface area contributed by atoms with Gasteiger partial charge in [-0.15, -0.1) is 6.58 Å². The molecule has 6 heteroatoms. The van der Waals surface area contributed by atoms with Crippen LogP contribution in [-0.2, 0) is 6.42 Å². The molecule has 0 saturated carbocycles. The minimum absolute atomic E-state index is 0.221. The van der Waals surface area contributed by atoms with E-state index >= 15 is 0 Å². The van der Waals surface area contributed by atoms with Crippen LogP contribution in [0.3, 0.4) is 0 Å². The third-order valence-corrected chi connectivity index (χ3v) is 3.49. The van der Waals surface area contributed by atoms with Crippen molar-refractivity contribution in [3.63, 3.8) is 0 Å². The maximum absolute atomic E-state index is 11.3. The maximum atomic E-state index is 11.3. The Morgan fingerprint density at radius 3 is 3.00 bits per heavy atom. The van der Waals surface area contributed by atoms with Crippen molar-refractivity contribution in [2.75, 3.05) is 18.1 Å². The maximum Gasteiger partial charge on any atom is 0.253 e. The van der Waals surface area contributed by atoms with Gasteiger partial charge in [-0.2, -0.15) is 0 Å². The quantitative estimate of drug-likeness (QED) is 0.355. The molecule has 0 atom stereocenters. The van der Waals surface area contributed by atoms with E-state index in [9.17, 15) is 4.79 Å². The second-order valence-electron chi connectivity index (χ2n) is 4.27. The highest BCUT2D eigenvalue weighted by Crippen LogP contribution is 2.19. The van der Waals surface area contributed by atoms with Crippen LogP contribution in [0, 0.1) is 0 Å². The standard InChI is InChI=1S/C15H17N3O2S/c1-2-5-11-6-3-4-7-12(11)20-8-9-21-15-17-13(16)10-14(19)18-15/h2-4,6-7,10H,1,5,8-9H2,(H3,16,17,18,19). The van der Waals surface area contributed by atoms with E-state index < -0.39 is 0 Å². The van der Waals surface area contributed by atoms with Gasteiger partial charge in [-0.25, -0.2) is 4.98 Å². The van der Waals surface area contributed by atoms with Crippen molar-refractivity contribution in [3.8, 4) is 5.75 Å². The Balaban J connectivity index is 1.87. The lowest BCUT2D eigenvalue weighted by molar-refractivity contribution is 0.341. The summed E-state index contributed by atoms with van der Waals surface area (Å²) in [5, 5.41) is 0.503. The molecule has 110 valence electrons. The van der Waals surface area contributed by atoms with E-state index in [0.29, 0.717) is 17.5 Å². The summed E-state index contributed by atoms with van der Waals surface area (Å²) < 4.78 is 5.75. The van der Waals surface area contributed by atoms with Crippen LogP contribution < -0.4 is 16.0 Å². The number of anilines is 1. The number of para-hydroxylation sites is 1. The molecule has 0 fully saturated rings. The predicted octanol–water partition coefficient (Wildman–Crippen LogP) is 2.25. The van der Waals surface area contributed by atoms with E-state index in [1.165, 1.54) is 17.8 Å². The Morgan fingerprint density at radius 1 is 1.43 bits per heavy atom. The lowest BCUT2D eigenvalue weighted by atomic mass is 10.1. The third kappa shape index (κ3) is 4.68. The molecule has 1 aromatic carbocycles. The van der Waals surface area contributed by atoms with Gasteiger partial charge in [0.05, 0.1) is 6.61 Å². The third-order valence-electron chi connectivity index (χ3n) is 2.66. The van der Waals surface area contributed by atoms with E-state index in [0.717, 1.165) is 17.7 Å². The molecule has 0 unspecified atom stereocenters. The van der Waals surface area contributed by atoms with Crippen LogP contribution in [0.4, 0.5) is 5.82 Å². The number of hydrogen-bond donors (Lipinski definition) is 2. The van der Waals surface area contributed by atoms with Gasteiger partial charge in [-0.3, -0.25) is 4.79 Å². The van der Waals surface area contributed by atoms with Crippen LogP contribution >= 0.6 is 11.8 Å². The first kappa shape index (κ1) is 15.2. The number of nitrogens with zero attached hydrogens (tertiary/aromatic N) is 1. The van der Waals surface area contributed by atoms with Crippen LogP contribution in [0.15, 0.2) is 52.9 Å². The van der Waals surface area contributed by atoms with Crippen molar-refractivity contribution >= 4 is 17.6 Å². The molecule has 5 nitrogen and oxygen atoms in total. The Bertz CT molecular complexity index is 670. The van der Waals surface area contributed by atoms with Gasteiger partial charge in [0, 0.05) is 11.8 Å². The van der Waals surface area contributed by atoms with Crippen molar-refractivity contribution in [3.05, 3.63) is 58.9 Å². The minimum Gasteiger partial charge on any atom is -0.492 e. The molecule has 0 saturated heterocycles. The van der Waals surface area contributed by atoms with Crippen molar-refractivity contribution in [2.24, 2.45) is 0 Å². The average molecular weight is 303 g/mol. The van der Waals surface area contributed by atoms with Crippen LogP contribution in [0.1, 0.15) is 5.56 Å². The monoisotopic (exact) mass is 303 g/mol. The van der Waals surface area contributed by atoms with Crippen molar-refractivity contribution < 1.29 is 4.74 Å². The number of hydrogen-bond acceptors (Lipinski definition) is 5. The molecule has 2 aromatic rings. The average Bonchev–Trinajstić information content (AvgIpc) is 2.44. The number of thioether (sulfide) groups is 1. The molecular weight excluding hydrogens is 286 g/mol. The Labute approximate surface area is 127 Å². The van der Waals surface area contributed by atoms with Gasteiger partial charge >= 0.3 is 0 Å². The van der Waals surface area contributed by atoms with E-state index in [4.69, 9.17) is 10.5 Å². The fourth-order valence-electron chi connectivity index (χ4n) is 1.78. The largest absolute Gasteiger partial charge is 0.492 e. The van der Waals surface area contributed by atoms with E-state index in [2.05, 4.69) is 16.5 Å². The van der Waals surface area contributed by atoms with Crippen molar-refractivity contribution in [2.45, 2.75) is 11.6 Å². The first-order valence-corrected chi connectivity index (χ1v) is 7.49. The summed E-state index contributed by atoms with van der Waals surface area (Å²) in [6.45, 7) is 4.25. The van der Waals surface area contributed by atoms with Crippen LogP contribution in [0.25, 0.3) is 0 Å². The normalized spacial score (nSPS) is 10.3. The summed E-state index contributed by atoms with van der Waals surface area (Å²) >= 11 is 1.40. The Kier molecular flexibility index (Phi) is 5.45. The van der Waals surface area contributed by atoms with Crippen LogP contribution in [-0.4, -0.2) is 22.3 Å². The highest BCUT2D eigenvalue weighted by atomic mass is 32.2. The Hall–Kier alpha value is -2.21. The number of nitrogens with one attached hydrogen (secondary N) is 1. The number of ether oxygens (including phenoxy) is 1. The molecular formula is C15H17N3O2S. The molecule has 1 heterocycles. The Morgan fingerprint density at radius 2 is 2.24 bits per heavy atom. The molecule has 0 aliphatic rings. The molecule has 0 aliphatic heterocycles. The predicted molar refractivity (Wildman–Crippen MR) is 85.8 cm³/mol. The zero-order valence-electron chi connectivity index (χ0n) is 11.5. The number of allylic oxidation sites excluding steroid dienone is 1. The van der Waals surface area contributed by atoms with Gasteiger partial charge in [0.15, 0.2) is 5.16 Å². The van der Waals surface area contributed by atoms with Gasteiger partial charge in [0.25, 0.3) is 5.56 Å². The number of aromatic amines is 1. The zero-order valence-corrected chi connectivity index (χ0v) is 12.4. The highest BCUT2D eigenvalue weighted by Gasteiger charge is 2.03. The lowest BCUT2D eigenvalue weighted by Crippen LogP contribution is -2.10. The summed E-state index contributed by atoms with van der Waals surface area (Å²) in [4.78, 5) is 17.9. The number of H-pyrrole nitrogens is 1. The molecule has 1 aromatic heterocycles. The first-order valence-electron chi connectivity index (χ1n) is 6.50.